The van der Waals surface area contributed by atoms with Crippen molar-refractivity contribution in [3.8, 4) is 21.9 Å². The molecule has 0 radical (unpaired) electrons. The van der Waals surface area contributed by atoms with Crippen molar-refractivity contribution in [2.75, 3.05) is 5.73 Å². The van der Waals surface area contributed by atoms with Crippen LogP contribution in [-0.2, 0) is 0 Å². The van der Waals surface area contributed by atoms with Gasteiger partial charge in [0, 0.05) is 5.56 Å². The van der Waals surface area contributed by atoms with Gasteiger partial charge in [0.2, 0.25) is 0 Å². The van der Waals surface area contributed by atoms with Crippen molar-refractivity contribution in [3.05, 3.63) is 60.0 Å². The van der Waals surface area contributed by atoms with Gasteiger partial charge in [0.05, 0.1) is 4.88 Å². The molecule has 1 heterocycles. The lowest BCUT2D eigenvalue weighted by Crippen LogP contribution is -1.99. The summed E-state index contributed by atoms with van der Waals surface area (Å²) in [5.41, 5.74) is 6.07. The summed E-state index contributed by atoms with van der Waals surface area (Å²) in [7, 11) is 0. The molecule has 0 saturated heterocycles. The molecule has 5 nitrogen and oxygen atoms in total. The van der Waals surface area contributed by atoms with Gasteiger partial charge in [0.25, 0.3) is 0 Å². The average Bonchev–Trinajstić information content (AvgIpc) is 2.92. The van der Waals surface area contributed by atoms with Crippen LogP contribution in [0.15, 0.2) is 48.5 Å². The SMILES string of the molecule is Nc1nc(C(=O)O)c(-c2ccccc2Oc2ccc(F)cc2)s1. The van der Waals surface area contributed by atoms with Gasteiger partial charge in [0.1, 0.15) is 17.3 Å². The molecule has 7 heteroatoms. The predicted molar refractivity (Wildman–Crippen MR) is 85.4 cm³/mol. The Hall–Kier alpha value is -2.93. The van der Waals surface area contributed by atoms with Gasteiger partial charge in [-0.05, 0) is 36.4 Å². The van der Waals surface area contributed by atoms with Gasteiger partial charge in [-0.3, -0.25) is 0 Å². The molecule has 0 aliphatic rings. The third-order valence-corrected chi connectivity index (χ3v) is 3.94. The monoisotopic (exact) mass is 330 g/mol. The molecule has 2 aromatic carbocycles. The number of carbonyl (C=O) groups is 1. The Morgan fingerprint density at radius 1 is 1.17 bits per heavy atom. The second-order valence-corrected chi connectivity index (χ2v) is 5.62. The molecule has 3 N–H and O–H groups in total. The maximum atomic E-state index is 13.0. The van der Waals surface area contributed by atoms with E-state index in [4.69, 9.17) is 10.5 Å². The lowest BCUT2D eigenvalue weighted by Gasteiger charge is -2.10. The van der Waals surface area contributed by atoms with Crippen LogP contribution >= 0.6 is 11.3 Å². The summed E-state index contributed by atoms with van der Waals surface area (Å²) in [5.74, 6) is -0.656. The second kappa shape index (κ2) is 6.05. The minimum Gasteiger partial charge on any atom is -0.476 e. The largest absolute Gasteiger partial charge is 0.476 e. The number of para-hydroxylation sites is 1. The van der Waals surface area contributed by atoms with Gasteiger partial charge in [-0.2, -0.15) is 0 Å². The molecule has 116 valence electrons. The summed E-state index contributed by atoms with van der Waals surface area (Å²) < 4.78 is 18.7. The van der Waals surface area contributed by atoms with Crippen LogP contribution in [0, 0.1) is 5.82 Å². The molecule has 0 spiro atoms. The van der Waals surface area contributed by atoms with E-state index in [1.54, 1.807) is 24.3 Å². The van der Waals surface area contributed by atoms with Crippen molar-refractivity contribution in [2.24, 2.45) is 0 Å². The Labute approximate surface area is 134 Å². The van der Waals surface area contributed by atoms with Crippen LogP contribution in [0.25, 0.3) is 10.4 Å². The normalized spacial score (nSPS) is 10.5. The summed E-state index contributed by atoms with van der Waals surface area (Å²) in [5, 5.41) is 9.42. The first kappa shape index (κ1) is 15.0. The van der Waals surface area contributed by atoms with E-state index in [0.29, 0.717) is 21.9 Å². The molecular formula is C16H11FN2O3S. The summed E-state index contributed by atoms with van der Waals surface area (Å²) in [4.78, 5) is 15.6. The van der Waals surface area contributed by atoms with Gasteiger partial charge < -0.3 is 15.6 Å². The second-order valence-electron chi connectivity index (χ2n) is 4.59. The lowest BCUT2D eigenvalue weighted by molar-refractivity contribution is 0.0692. The molecule has 3 rings (SSSR count). The number of nitrogens with zero attached hydrogens (tertiary/aromatic N) is 1. The zero-order chi connectivity index (χ0) is 16.4. The van der Waals surface area contributed by atoms with Crippen molar-refractivity contribution in [3.63, 3.8) is 0 Å². The highest BCUT2D eigenvalue weighted by Crippen LogP contribution is 2.39. The topological polar surface area (TPSA) is 85.4 Å². The van der Waals surface area contributed by atoms with Crippen LogP contribution in [-0.4, -0.2) is 16.1 Å². The summed E-state index contributed by atoms with van der Waals surface area (Å²) >= 11 is 1.07. The van der Waals surface area contributed by atoms with E-state index in [9.17, 15) is 14.3 Å². The first-order valence-corrected chi connectivity index (χ1v) is 7.38. The number of benzene rings is 2. The molecule has 3 aromatic rings. The number of ether oxygens (including phenoxy) is 1. The van der Waals surface area contributed by atoms with Crippen molar-refractivity contribution in [1.82, 2.24) is 4.98 Å². The van der Waals surface area contributed by atoms with Crippen LogP contribution in [0.5, 0.6) is 11.5 Å². The third kappa shape index (κ3) is 3.14. The van der Waals surface area contributed by atoms with Crippen LogP contribution in [0.3, 0.4) is 0 Å². The van der Waals surface area contributed by atoms with Crippen LogP contribution < -0.4 is 10.5 Å². The molecule has 0 amide bonds. The fraction of sp³-hybridized carbons (Fsp3) is 0. The van der Waals surface area contributed by atoms with Crippen molar-refractivity contribution < 1.29 is 19.0 Å². The highest BCUT2D eigenvalue weighted by molar-refractivity contribution is 7.19. The number of halogens is 1. The maximum absolute atomic E-state index is 13.0. The molecule has 0 aliphatic carbocycles. The first-order chi connectivity index (χ1) is 11.0. The fourth-order valence-corrected chi connectivity index (χ4v) is 2.89. The molecule has 0 unspecified atom stereocenters. The van der Waals surface area contributed by atoms with E-state index < -0.39 is 5.97 Å². The minimum atomic E-state index is -1.16. The van der Waals surface area contributed by atoms with Gasteiger partial charge in [-0.1, -0.05) is 23.5 Å². The molecule has 0 fully saturated rings. The molecule has 1 aromatic heterocycles. The zero-order valence-electron chi connectivity index (χ0n) is 11.7. The van der Waals surface area contributed by atoms with Crippen LogP contribution in [0.1, 0.15) is 10.5 Å². The number of carboxylic acid groups (broad SMARTS) is 1. The van der Waals surface area contributed by atoms with Gasteiger partial charge in [-0.15, -0.1) is 0 Å². The minimum absolute atomic E-state index is 0.123. The summed E-state index contributed by atoms with van der Waals surface area (Å²) in [6.45, 7) is 0. The number of aromatic nitrogens is 1. The third-order valence-electron chi connectivity index (χ3n) is 3.02. The molecule has 23 heavy (non-hydrogen) atoms. The number of rotatable bonds is 4. The zero-order valence-corrected chi connectivity index (χ0v) is 12.5. The average molecular weight is 330 g/mol. The Kier molecular flexibility index (Phi) is 3.94. The van der Waals surface area contributed by atoms with Gasteiger partial charge in [-0.25, -0.2) is 14.2 Å². The van der Waals surface area contributed by atoms with Crippen molar-refractivity contribution >= 4 is 22.4 Å². The quantitative estimate of drug-likeness (QED) is 0.754. The Morgan fingerprint density at radius 2 is 1.87 bits per heavy atom. The van der Waals surface area contributed by atoms with Crippen LogP contribution in [0.2, 0.25) is 0 Å². The van der Waals surface area contributed by atoms with Crippen molar-refractivity contribution in [1.29, 1.82) is 0 Å². The Bertz CT molecular complexity index is 862. The van der Waals surface area contributed by atoms with E-state index >= 15 is 0 Å². The van der Waals surface area contributed by atoms with E-state index in [-0.39, 0.29) is 16.6 Å². The number of carboxylic acids is 1. The number of anilines is 1. The summed E-state index contributed by atoms with van der Waals surface area (Å²) in [6, 6.07) is 12.5. The number of hydrogen-bond acceptors (Lipinski definition) is 5. The predicted octanol–water partition coefficient (Wildman–Crippen LogP) is 4.02. The highest BCUT2D eigenvalue weighted by atomic mass is 32.1. The standard InChI is InChI=1S/C16H11FN2O3S/c17-9-5-7-10(8-6-9)22-12-4-2-1-3-11(12)14-13(15(20)21)19-16(18)23-14/h1-8H,(H2,18,19)(H,20,21). The smallest absolute Gasteiger partial charge is 0.356 e. The first-order valence-electron chi connectivity index (χ1n) is 6.57. The molecular weight excluding hydrogens is 319 g/mol. The molecule has 0 atom stereocenters. The van der Waals surface area contributed by atoms with Gasteiger partial charge >= 0.3 is 5.97 Å². The maximum Gasteiger partial charge on any atom is 0.356 e. The van der Waals surface area contributed by atoms with E-state index in [0.717, 1.165) is 11.3 Å². The number of thiazole rings is 1. The number of nitrogens with two attached hydrogens (primary N) is 1. The fourth-order valence-electron chi connectivity index (χ4n) is 2.04. The molecule has 0 aliphatic heterocycles. The number of nitrogen functional groups attached to an aromatic ring is 1. The number of aromatic carboxylic acids is 1. The van der Waals surface area contributed by atoms with E-state index in [2.05, 4.69) is 4.98 Å². The molecule has 0 saturated carbocycles. The van der Waals surface area contributed by atoms with E-state index in [1.165, 1.54) is 24.3 Å². The molecule has 0 bridgehead atoms. The van der Waals surface area contributed by atoms with Crippen molar-refractivity contribution in [2.45, 2.75) is 0 Å². The van der Waals surface area contributed by atoms with Crippen LogP contribution in [0.4, 0.5) is 9.52 Å². The number of hydrogen-bond donors (Lipinski definition) is 2. The van der Waals surface area contributed by atoms with Gasteiger partial charge in [0.15, 0.2) is 10.8 Å². The highest BCUT2D eigenvalue weighted by Gasteiger charge is 2.20. The Morgan fingerprint density at radius 3 is 2.57 bits per heavy atom. The lowest BCUT2D eigenvalue weighted by atomic mass is 10.1. The van der Waals surface area contributed by atoms with E-state index in [1.807, 2.05) is 0 Å². The summed E-state index contributed by atoms with van der Waals surface area (Å²) in [6.07, 6.45) is 0. The Balaban J connectivity index is 2.04.